The number of hydrogen-bond donors (Lipinski definition) is 1. The summed E-state index contributed by atoms with van der Waals surface area (Å²) >= 11 is 0. The third kappa shape index (κ3) is 5.03. The Kier molecular flexibility index (Phi) is 5.33. The van der Waals surface area contributed by atoms with Gasteiger partial charge in [-0.2, -0.15) is 0 Å². The van der Waals surface area contributed by atoms with Gasteiger partial charge in [0.1, 0.15) is 0 Å². The zero-order valence-electron chi connectivity index (χ0n) is 5.89. The van der Waals surface area contributed by atoms with E-state index in [0.717, 1.165) is 0 Å². The number of nitrogens with one attached hydrogen (secondary N) is 1. The quantitative estimate of drug-likeness (QED) is 0.566. The van der Waals surface area contributed by atoms with Gasteiger partial charge in [0.2, 0.25) is 12.2 Å². The molecule has 0 aliphatic heterocycles. The van der Waals surface area contributed by atoms with Gasteiger partial charge in [-0.25, -0.2) is 0 Å². The number of amides is 1. The summed E-state index contributed by atoms with van der Waals surface area (Å²) in [6, 6.07) is 0. The van der Waals surface area contributed by atoms with Crippen LogP contribution in [-0.4, -0.2) is 18.7 Å². The Labute approximate surface area is 60.1 Å². The van der Waals surface area contributed by atoms with E-state index in [-0.39, 0.29) is 12.5 Å². The molecule has 10 heavy (non-hydrogen) atoms. The highest BCUT2D eigenvalue weighted by molar-refractivity contribution is 5.79. The van der Waals surface area contributed by atoms with Crippen molar-refractivity contribution in [3.8, 4) is 0 Å². The predicted molar refractivity (Wildman–Crippen MR) is 38.1 cm³/mol. The smallest absolute Gasteiger partial charge is 0.224 e. The molecule has 0 atom stereocenters. The number of carbonyl (C=O) groups excluding carboxylic acids is 2. The van der Waals surface area contributed by atoms with Crippen molar-refractivity contribution in [3.05, 3.63) is 12.2 Å². The molecule has 0 aromatic rings. The van der Waals surface area contributed by atoms with E-state index in [2.05, 4.69) is 5.32 Å². The van der Waals surface area contributed by atoms with Crippen molar-refractivity contribution in [2.24, 2.45) is 0 Å². The maximum Gasteiger partial charge on any atom is 0.224 e. The van der Waals surface area contributed by atoms with Crippen LogP contribution in [0.15, 0.2) is 12.2 Å². The number of rotatable bonds is 4. The Bertz CT molecular complexity index is 141. The molecule has 0 aromatic heterocycles. The lowest BCUT2D eigenvalue weighted by Gasteiger charge is -1.94. The van der Waals surface area contributed by atoms with Gasteiger partial charge >= 0.3 is 0 Å². The Hall–Kier alpha value is -1.12. The van der Waals surface area contributed by atoms with Crippen molar-refractivity contribution in [1.82, 2.24) is 5.32 Å². The molecule has 1 N–H and O–H groups in total. The van der Waals surface area contributed by atoms with Gasteiger partial charge in [0, 0.05) is 6.42 Å². The first-order valence-corrected chi connectivity index (χ1v) is 3.04. The summed E-state index contributed by atoms with van der Waals surface area (Å²) in [5, 5.41) is 2.35. The standard InChI is InChI=1S/C7H10NO2/c1-2-3-4-7(10)8-5-6-9/h2-3H,4-5H2,1H3,(H,8,10). The molecule has 0 aliphatic rings. The van der Waals surface area contributed by atoms with E-state index in [1.54, 1.807) is 18.4 Å². The van der Waals surface area contributed by atoms with Crippen molar-refractivity contribution in [1.29, 1.82) is 0 Å². The second-order valence-corrected chi connectivity index (χ2v) is 1.69. The van der Waals surface area contributed by atoms with Gasteiger partial charge in [0.15, 0.2) is 0 Å². The molecule has 1 amide bonds. The molecule has 1 radical (unpaired) electrons. The summed E-state index contributed by atoms with van der Waals surface area (Å²) < 4.78 is 0. The maximum atomic E-state index is 10.6. The molecule has 0 saturated heterocycles. The Balaban J connectivity index is 3.34. The molecule has 0 bridgehead atoms. The van der Waals surface area contributed by atoms with Crippen LogP contribution in [0.4, 0.5) is 0 Å². The minimum Gasteiger partial charge on any atom is -0.348 e. The molecule has 3 nitrogen and oxygen atoms in total. The Morgan fingerprint density at radius 1 is 1.70 bits per heavy atom. The van der Waals surface area contributed by atoms with Gasteiger partial charge in [-0.3, -0.25) is 9.59 Å². The number of carbonyl (C=O) groups is 1. The van der Waals surface area contributed by atoms with Crippen molar-refractivity contribution < 1.29 is 9.59 Å². The molecule has 3 heteroatoms. The fraction of sp³-hybridized carbons (Fsp3) is 0.429. The minimum atomic E-state index is -0.151. The lowest BCUT2D eigenvalue weighted by Crippen LogP contribution is -2.23. The van der Waals surface area contributed by atoms with Gasteiger partial charge in [-0.1, -0.05) is 12.2 Å². The second kappa shape index (κ2) is 6.01. The topological polar surface area (TPSA) is 46.2 Å². The van der Waals surface area contributed by atoms with Crippen LogP contribution in [0.2, 0.25) is 0 Å². The highest BCUT2D eigenvalue weighted by Gasteiger charge is 1.93. The van der Waals surface area contributed by atoms with Crippen LogP contribution in [0.1, 0.15) is 13.3 Å². The van der Waals surface area contributed by atoms with Crippen LogP contribution >= 0.6 is 0 Å². The summed E-state index contributed by atoms with van der Waals surface area (Å²) in [5.74, 6) is -0.151. The van der Waals surface area contributed by atoms with Crippen LogP contribution in [0.25, 0.3) is 0 Å². The molecule has 55 valence electrons. The first kappa shape index (κ1) is 8.88. The molecule has 0 aromatic carbocycles. The van der Waals surface area contributed by atoms with E-state index in [4.69, 9.17) is 0 Å². The first-order chi connectivity index (χ1) is 4.81. The van der Waals surface area contributed by atoms with Crippen molar-refractivity contribution in [3.63, 3.8) is 0 Å². The predicted octanol–water partition coefficient (Wildman–Crippen LogP) is 0.178. The monoisotopic (exact) mass is 140 g/mol. The van der Waals surface area contributed by atoms with E-state index < -0.39 is 0 Å². The third-order valence-corrected chi connectivity index (χ3v) is 0.897. The molecular weight excluding hydrogens is 130 g/mol. The van der Waals surface area contributed by atoms with Gasteiger partial charge in [0.05, 0.1) is 6.54 Å². The molecule has 0 saturated carbocycles. The summed E-state index contributed by atoms with van der Waals surface area (Å²) in [6.07, 6.45) is 5.40. The molecule has 0 aliphatic carbocycles. The second-order valence-electron chi connectivity index (χ2n) is 1.69. The zero-order valence-corrected chi connectivity index (χ0v) is 5.89. The minimum absolute atomic E-state index is 0.0175. The molecule has 0 fully saturated rings. The van der Waals surface area contributed by atoms with Gasteiger partial charge in [0.25, 0.3) is 0 Å². The van der Waals surface area contributed by atoms with E-state index in [9.17, 15) is 9.59 Å². The van der Waals surface area contributed by atoms with Crippen LogP contribution in [0.3, 0.4) is 0 Å². The van der Waals surface area contributed by atoms with E-state index in [1.165, 1.54) is 0 Å². The van der Waals surface area contributed by atoms with Crippen molar-refractivity contribution in [2.75, 3.05) is 6.54 Å². The van der Waals surface area contributed by atoms with Gasteiger partial charge < -0.3 is 5.32 Å². The van der Waals surface area contributed by atoms with Crippen molar-refractivity contribution in [2.45, 2.75) is 13.3 Å². The summed E-state index contributed by atoms with van der Waals surface area (Å²) in [4.78, 5) is 20.2. The highest BCUT2D eigenvalue weighted by atomic mass is 16.2. The highest BCUT2D eigenvalue weighted by Crippen LogP contribution is 1.80. The van der Waals surface area contributed by atoms with E-state index in [0.29, 0.717) is 6.42 Å². The van der Waals surface area contributed by atoms with E-state index >= 15 is 0 Å². The molecular formula is C7H10NO2. The molecule has 0 unspecified atom stereocenters. The Morgan fingerprint density at radius 3 is 2.90 bits per heavy atom. The molecule has 0 rings (SSSR count). The Morgan fingerprint density at radius 2 is 2.40 bits per heavy atom. The number of hydrogen-bond acceptors (Lipinski definition) is 2. The van der Waals surface area contributed by atoms with Gasteiger partial charge in [-0.05, 0) is 6.92 Å². The summed E-state index contributed by atoms with van der Waals surface area (Å²) in [6.45, 7) is 1.81. The fourth-order valence-electron chi connectivity index (χ4n) is 0.432. The molecule has 0 spiro atoms. The average molecular weight is 140 g/mol. The SMILES string of the molecule is CC=CCC(=O)NC[C]=O. The van der Waals surface area contributed by atoms with Gasteiger partial charge in [-0.15, -0.1) is 0 Å². The van der Waals surface area contributed by atoms with E-state index in [1.807, 2.05) is 6.92 Å². The fourth-order valence-corrected chi connectivity index (χ4v) is 0.432. The van der Waals surface area contributed by atoms with Crippen LogP contribution in [0.5, 0.6) is 0 Å². The lowest BCUT2D eigenvalue weighted by molar-refractivity contribution is -0.119. The number of allylic oxidation sites excluding steroid dienone is 1. The van der Waals surface area contributed by atoms with Crippen LogP contribution < -0.4 is 5.32 Å². The zero-order chi connectivity index (χ0) is 7.82. The average Bonchev–Trinajstić information content (AvgIpc) is 1.97. The summed E-state index contributed by atoms with van der Waals surface area (Å²) in [5.41, 5.74) is 0. The normalized spacial score (nSPS) is 9.70. The first-order valence-electron chi connectivity index (χ1n) is 3.04. The lowest BCUT2D eigenvalue weighted by atomic mass is 10.3. The third-order valence-electron chi connectivity index (χ3n) is 0.897. The summed E-state index contributed by atoms with van der Waals surface area (Å²) in [7, 11) is 0. The van der Waals surface area contributed by atoms with Crippen LogP contribution in [0, 0.1) is 0 Å². The largest absolute Gasteiger partial charge is 0.348 e. The van der Waals surface area contributed by atoms with Crippen LogP contribution in [-0.2, 0) is 9.59 Å². The van der Waals surface area contributed by atoms with Crippen molar-refractivity contribution >= 4 is 12.2 Å². The maximum absolute atomic E-state index is 10.6. The molecule has 0 heterocycles.